The minimum Gasteiger partial charge on any atom is -0.324 e. The topological polar surface area (TPSA) is 51.8 Å². The van der Waals surface area contributed by atoms with Gasteiger partial charge in [0, 0.05) is 18.4 Å². The molecule has 0 aliphatic heterocycles. The van der Waals surface area contributed by atoms with Crippen LogP contribution in [0.25, 0.3) is 11.0 Å². The fourth-order valence-electron chi connectivity index (χ4n) is 2.21. The minimum atomic E-state index is 0.0927. The highest BCUT2D eigenvalue weighted by Crippen LogP contribution is 2.20. The highest BCUT2D eigenvalue weighted by Gasteiger charge is 2.07. The molecular weight excluding hydrogens is 234 g/mol. The van der Waals surface area contributed by atoms with E-state index in [2.05, 4.69) is 28.7 Å². The molecule has 0 spiro atoms. The minimum absolute atomic E-state index is 0.0927. The summed E-state index contributed by atoms with van der Waals surface area (Å²) in [6.45, 7) is 3.73. The Bertz CT molecular complexity index is 536. The summed E-state index contributed by atoms with van der Waals surface area (Å²) < 4.78 is 0. The molecule has 1 aromatic carbocycles. The van der Waals surface area contributed by atoms with E-state index in [4.69, 9.17) is 5.73 Å². The van der Waals surface area contributed by atoms with Crippen molar-refractivity contribution in [1.82, 2.24) is 9.97 Å². The highest BCUT2D eigenvalue weighted by atomic mass is 14.8. The molecular formula is C16H21N3. The van der Waals surface area contributed by atoms with E-state index in [-0.39, 0.29) is 6.04 Å². The quantitative estimate of drug-likeness (QED) is 0.605. The maximum Gasteiger partial charge on any atom is 0.0890 e. The molecule has 3 heteroatoms. The van der Waals surface area contributed by atoms with Gasteiger partial charge >= 0.3 is 0 Å². The number of allylic oxidation sites excluding steroid dienone is 1. The normalized spacial score (nSPS) is 12.5. The molecule has 2 aromatic rings. The average molecular weight is 255 g/mol. The molecule has 19 heavy (non-hydrogen) atoms. The van der Waals surface area contributed by atoms with Crippen LogP contribution in [0.2, 0.25) is 0 Å². The number of hydrogen-bond acceptors (Lipinski definition) is 3. The van der Waals surface area contributed by atoms with Crippen LogP contribution >= 0.6 is 0 Å². The summed E-state index contributed by atoms with van der Waals surface area (Å²) in [5.41, 5.74) is 9.22. The first-order valence-electron chi connectivity index (χ1n) is 6.88. The van der Waals surface area contributed by atoms with Crippen molar-refractivity contribution in [2.45, 2.75) is 38.1 Å². The van der Waals surface area contributed by atoms with Crippen LogP contribution in [0.4, 0.5) is 0 Å². The third-order valence-electron chi connectivity index (χ3n) is 3.34. The van der Waals surface area contributed by atoms with E-state index in [1.807, 2.05) is 12.1 Å². The molecule has 1 unspecified atom stereocenters. The molecule has 0 aliphatic rings. The lowest BCUT2D eigenvalue weighted by Crippen LogP contribution is -2.10. The molecule has 100 valence electrons. The molecule has 2 N–H and O–H groups in total. The lowest BCUT2D eigenvalue weighted by atomic mass is 10.0. The van der Waals surface area contributed by atoms with Gasteiger partial charge in [-0.2, -0.15) is 0 Å². The maximum absolute atomic E-state index is 6.23. The Morgan fingerprint density at radius 3 is 2.68 bits per heavy atom. The van der Waals surface area contributed by atoms with Crippen molar-refractivity contribution in [3.8, 4) is 0 Å². The summed E-state index contributed by atoms with van der Waals surface area (Å²) >= 11 is 0. The van der Waals surface area contributed by atoms with Crippen molar-refractivity contribution in [3.63, 3.8) is 0 Å². The van der Waals surface area contributed by atoms with Crippen molar-refractivity contribution in [1.29, 1.82) is 0 Å². The summed E-state index contributed by atoms with van der Waals surface area (Å²) in [6, 6.07) is 6.20. The average Bonchev–Trinajstić information content (AvgIpc) is 2.46. The zero-order valence-corrected chi connectivity index (χ0v) is 11.3. The van der Waals surface area contributed by atoms with Crippen LogP contribution in [0.3, 0.4) is 0 Å². The Morgan fingerprint density at radius 2 is 1.89 bits per heavy atom. The Kier molecular flexibility index (Phi) is 5.04. The van der Waals surface area contributed by atoms with Crippen LogP contribution in [-0.4, -0.2) is 9.97 Å². The van der Waals surface area contributed by atoms with Gasteiger partial charge in [0.2, 0.25) is 0 Å². The third kappa shape index (κ3) is 3.86. The fraction of sp³-hybridized carbons (Fsp3) is 0.375. The van der Waals surface area contributed by atoms with Gasteiger partial charge in [-0.25, -0.2) is 0 Å². The van der Waals surface area contributed by atoms with Gasteiger partial charge in [0.15, 0.2) is 0 Å². The van der Waals surface area contributed by atoms with Crippen molar-refractivity contribution >= 4 is 11.0 Å². The molecule has 0 saturated carbocycles. The zero-order chi connectivity index (χ0) is 13.5. The molecule has 2 rings (SSSR count). The van der Waals surface area contributed by atoms with Crippen LogP contribution in [0, 0.1) is 0 Å². The fourth-order valence-corrected chi connectivity index (χ4v) is 2.21. The second kappa shape index (κ2) is 7.00. The van der Waals surface area contributed by atoms with E-state index in [9.17, 15) is 0 Å². The third-order valence-corrected chi connectivity index (χ3v) is 3.34. The molecule has 0 saturated heterocycles. The summed E-state index contributed by atoms with van der Waals surface area (Å²) in [5.74, 6) is 0. The summed E-state index contributed by atoms with van der Waals surface area (Å²) in [5, 5.41) is 0. The van der Waals surface area contributed by atoms with Gasteiger partial charge in [-0.1, -0.05) is 25.0 Å². The molecule has 0 aliphatic carbocycles. The molecule has 1 atom stereocenters. The van der Waals surface area contributed by atoms with Crippen LogP contribution in [0.5, 0.6) is 0 Å². The Hall–Kier alpha value is -1.74. The van der Waals surface area contributed by atoms with E-state index in [1.165, 1.54) is 12.8 Å². The SMILES string of the molecule is C=CCCCCCC(N)c1ccc2nccnc2c1. The number of hydrogen-bond donors (Lipinski definition) is 1. The van der Waals surface area contributed by atoms with Crippen molar-refractivity contribution in [2.75, 3.05) is 0 Å². The van der Waals surface area contributed by atoms with Gasteiger partial charge in [-0.3, -0.25) is 9.97 Å². The highest BCUT2D eigenvalue weighted by molar-refractivity contribution is 5.74. The van der Waals surface area contributed by atoms with Crippen LogP contribution in [0.15, 0.2) is 43.2 Å². The van der Waals surface area contributed by atoms with Crippen LogP contribution < -0.4 is 5.73 Å². The van der Waals surface area contributed by atoms with Gasteiger partial charge in [0.25, 0.3) is 0 Å². The first-order chi connectivity index (χ1) is 9.31. The molecule has 0 amide bonds. The second-order valence-corrected chi connectivity index (χ2v) is 4.84. The predicted molar refractivity (Wildman–Crippen MR) is 79.7 cm³/mol. The standard InChI is InChI=1S/C16H21N3/c1-2-3-4-5-6-7-14(17)13-8-9-15-16(12-13)19-11-10-18-15/h2,8-12,14H,1,3-7,17H2. The number of aromatic nitrogens is 2. The van der Waals surface area contributed by atoms with Crippen molar-refractivity contribution < 1.29 is 0 Å². The summed E-state index contributed by atoms with van der Waals surface area (Å²) in [6.07, 6.45) is 11.1. The Balaban J connectivity index is 1.93. The number of nitrogens with zero attached hydrogens (tertiary/aromatic N) is 2. The van der Waals surface area contributed by atoms with E-state index in [0.29, 0.717) is 0 Å². The number of benzene rings is 1. The molecule has 0 radical (unpaired) electrons. The van der Waals surface area contributed by atoms with E-state index in [1.54, 1.807) is 12.4 Å². The molecule has 1 heterocycles. The Morgan fingerprint density at radius 1 is 1.11 bits per heavy atom. The summed E-state index contributed by atoms with van der Waals surface area (Å²) in [7, 11) is 0. The first kappa shape index (κ1) is 13.7. The van der Waals surface area contributed by atoms with Gasteiger partial charge in [-0.05, 0) is 37.0 Å². The van der Waals surface area contributed by atoms with Gasteiger partial charge in [0.1, 0.15) is 0 Å². The first-order valence-corrected chi connectivity index (χ1v) is 6.88. The van der Waals surface area contributed by atoms with Crippen LogP contribution in [-0.2, 0) is 0 Å². The molecule has 3 nitrogen and oxygen atoms in total. The predicted octanol–water partition coefficient (Wildman–Crippen LogP) is 3.77. The molecule has 0 fully saturated rings. The zero-order valence-electron chi connectivity index (χ0n) is 11.3. The number of unbranched alkanes of at least 4 members (excludes halogenated alkanes) is 3. The monoisotopic (exact) mass is 255 g/mol. The van der Waals surface area contributed by atoms with E-state index in [0.717, 1.165) is 35.9 Å². The second-order valence-electron chi connectivity index (χ2n) is 4.84. The number of fused-ring (bicyclic) bond motifs is 1. The number of nitrogens with two attached hydrogens (primary N) is 1. The largest absolute Gasteiger partial charge is 0.324 e. The van der Waals surface area contributed by atoms with Crippen molar-refractivity contribution in [3.05, 3.63) is 48.8 Å². The molecule has 0 bridgehead atoms. The van der Waals surface area contributed by atoms with Gasteiger partial charge in [0.05, 0.1) is 11.0 Å². The maximum atomic E-state index is 6.23. The van der Waals surface area contributed by atoms with Crippen molar-refractivity contribution in [2.24, 2.45) is 5.73 Å². The van der Waals surface area contributed by atoms with E-state index >= 15 is 0 Å². The number of rotatable bonds is 7. The lowest BCUT2D eigenvalue weighted by Gasteiger charge is -2.12. The molecule has 1 aromatic heterocycles. The van der Waals surface area contributed by atoms with E-state index < -0.39 is 0 Å². The lowest BCUT2D eigenvalue weighted by molar-refractivity contribution is 0.572. The smallest absolute Gasteiger partial charge is 0.0890 e. The van der Waals surface area contributed by atoms with Gasteiger partial charge < -0.3 is 5.73 Å². The summed E-state index contributed by atoms with van der Waals surface area (Å²) in [4.78, 5) is 8.58. The Labute approximate surface area is 114 Å². The van der Waals surface area contributed by atoms with Crippen LogP contribution in [0.1, 0.15) is 43.7 Å². The van der Waals surface area contributed by atoms with Gasteiger partial charge in [-0.15, -0.1) is 6.58 Å².